The number of para-hydroxylation sites is 8. The van der Waals surface area contributed by atoms with Crippen molar-refractivity contribution < 1.29 is 21.9 Å². The van der Waals surface area contributed by atoms with E-state index in [1.807, 2.05) is 115 Å². The number of hydrogen-bond acceptors (Lipinski definition) is 3. The van der Waals surface area contributed by atoms with Crippen LogP contribution in [0.15, 0.2) is 212 Å². The van der Waals surface area contributed by atoms with Gasteiger partial charge in [-0.05, 0) is 66.6 Å². The Balaban J connectivity index is 1.25. The Morgan fingerprint density at radius 1 is 0.312 bits per heavy atom. The van der Waals surface area contributed by atoms with Gasteiger partial charge in [-0.2, -0.15) is 15.0 Å². The van der Waals surface area contributed by atoms with Gasteiger partial charge in [-0.1, -0.05) is 145 Å². The predicted octanol–water partition coefficient (Wildman–Crippen LogP) is 13.9. The smallest absolute Gasteiger partial charge is 0.240 e. The van der Waals surface area contributed by atoms with E-state index in [9.17, 15) is 11.0 Å². The van der Waals surface area contributed by atoms with Gasteiger partial charge in [0.25, 0.3) is 0 Å². The molecule has 7 heteroatoms. The lowest BCUT2D eigenvalue weighted by atomic mass is 10.1. The van der Waals surface area contributed by atoms with Crippen molar-refractivity contribution in [1.82, 2.24) is 33.2 Å². The van der Waals surface area contributed by atoms with Gasteiger partial charge >= 0.3 is 0 Å². The largest absolute Gasteiger partial charge is 0.309 e. The molecule has 0 radical (unpaired) electrons. The second-order valence-electron chi connectivity index (χ2n) is 15.3. The number of aromatic nitrogens is 7. The first-order chi connectivity index (χ1) is 38.4. The average Bonchev–Trinajstić information content (AvgIpc) is 4.41. The van der Waals surface area contributed by atoms with Crippen LogP contribution in [0.3, 0.4) is 0 Å². The van der Waals surface area contributed by atoms with Crippen LogP contribution in [0, 0.1) is 0 Å². The molecule has 5 aromatic heterocycles. The zero-order valence-electron chi connectivity index (χ0n) is 49.1. The van der Waals surface area contributed by atoms with Crippen molar-refractivity contribution in [1.29, 1.82) is 0 Å². The molecule has 0 spiro atoms. The van der Waals surface area contributed by atoms with Crippen LogP contribution in [-0.2, 0) is 0 Å². The van der Waals surface area contributed by atoms with E-state index < -0.39 is 109 Å². The van der Waals surface area contributed by atoms with Gasteiger partial charge in [0, 0.05) is 54.3 Å². The lowest BCUT2D eigenvalue weighted by molar-refractivity contribution is 0.892. The SMILES string of the molecule is [2H]c1c([2H])c([2H])c2c(c1[2H])c1c([2H])c([2H])c([2H])c([2H])c1n2-c1nc(-c2cc3c4ccccc4n(-c4ccccc4)c3cc2-n2c3ccccc3c3ccccc32)nc(-n2c3c([2H])c([2H])c([2H])c([2H])c3c3c([2H])c([2H])c([2H])c([2H])c32)n1. The highest BCUT2D eigenvalue weighted by molar-refractivity contribution is 6.14. The maximum Gasteiger partial charge on any atom is 0.240 e. The minimum Gasteiger partial charge on any atom is -0.309 e. The second-order valence-corrected chi connectivity index (χ2v) is 15.3. The molecular formula is C57H35N7. The van der Waals surface area contributed by atoms with E-state index in [2.05, 4.69) is 9.13 Å². The first kappa shape index (κ1) is 22.9. The van der Waals surface area contributed by atoms with E-state index in [0.717, 1.165) is 53.0 Å². The fourth-order valence-electron chi connectivity index (χ4n) is 9.32. The molecule has 0 saturated carbocycles. The molecule has 64 heavy (non-hydrogen) atoms. The maximum atomic E-state index is 9.46. The molecule has 298 valence electrons. The zero-order valence-corrected chi connectivity index (χ0v) is 33.1. The Bertz CT molecular complexity index is 4770. The van der Waals surface area contributed by atoms with Gasteiger partial charge in [-0.15, -0.1) is 0 Å². The molecular weight excluding hydrogens is 783 g/mol. The summed E-state index contributed by atoms with van der Waals surface area (Å²) in [4.78, 5) is 15.3. The fourth-order valence-corrected chi connectivity index (χ4v) is 9.32. The molecule has 0 amide bonds. The molecule has 0 aliphatic carbocycles. The van der Waals surface area contributed by atoms with E-state index in [4.69, 9.17) is 25.9 Å². The van der Waals surface area contributed by atoms with Crippen molar-refractivity contribution in [3.63, 3.8) is 0 Å². The van der Waals surface area contributed by atoms with Crippen LogP contribution >= 0.6 is 0 Å². The van der Waals surface area contributed by atoms with Gasteiger partial charge in [0.2, 0.25) is 11.9 Å². The molecule has 0 aliphatic heterocycles. The Morgan fingerprint density at radius 3 is 1.20 bits per heavy atom. The molecule has 0 bridgehead atoms. The van der Waals surface area contributed by atoms with Crippen molar-refractivity contribution in [3.05, 3.63) is 212 Å². The molecule has 14 aromatic rings. The van der Waals surface area contributed by atoms with Gasteiger partial charge in [0.05, 0.1) is 71.8 Å². The van der Waals surface area contributed by atoms with Gasteiger partial charge in [-0.25, -0.2) is 0 Å². The zero-order chi connectivity index (χ0) is 55.8. The lowest BCUT2D eigenvalue weighted by Gasteiger charge is -2.17. The van der Waals surface area contributed by atoms with E-state index in [1.54, 1.807) is 0 Å². The van der Waals surface area contributed by atoms with E-state index in [1.165, 1.54) is 0 Å². The van der Waals surface area contributed by atoms with Gasteiger partial charge in [0.15, 0.2) is 5.82 Å². The van der Waals surface area contributed by atoms with Crippen molar-refractivity contribution in [2.45, 2.75) is 0 Å². The van der Waals surface area contributed by atoms with Crippen molar-refractivity contribution >= 4 is 87.2 Å². The van der Waals surface area contributed by atoms with Crippen LogP contribution in [0.4, 0.5) is 0 Å². The van der Waals surface area contributed by atoms with Crippen LogP contribution in [0.5, 0.6) is 0 Å². The molecule has 0 atom stereocenters. The third-order valence-corrected chi connectivity index (χ3v) is 11.9. The quantitative estimate of drug-likeness (QED) is 0.174. The summed E-state index contributed by atoms with van der Waals surface area (Å²) < 4.78 is 152. The highest BCUT2D eigenvalue weighted by Gasteiger charge is 2.25. The van der Waals surface area contributed by atoms with Crippen LogP contribution in [-0.4, -0.2) is 33.2 Å². The lowest BCUT2D eigenvalue weighted by Crippen LogP contribution is -2.11. The highest BCUT2D eigenvalue weighted by atomic mass is 15.3. The van der Waals surface area contributed by atoms with Gasteiger partial charge in [0.1, 0.15) is 0 Å². The molecule has 5 heterocycles. The van der Waals surface area contributed by atoms with E-state index >= 15 is 0 Å². The summed E-state index contributed by atoms with van der Waals surface area (Å²) in [7, 11) is 0. The molecule has 0 unspecified atom stereocenters. The summed E-state index contributed by atoms with van der Waals surface area (Å²) >= 11 is 0. The van der Waals surface area contributed by atoms with Gasteiger partial charge < -0.3 is 9.13 Å². The first-order valence-electron chi connectivity index (χ1n) is 28.3. The number of fused-ring (bicyclic) bond motifs is 12. The Labute approximate surface area is 388 Å². The van der Waals surface area contributed by atoms with Crippen LogP contribution < -0.4 is 0 Å². The summed E-state index contributed by atoms with van der Waals surface area (Å²) in [6.07, 6.45) is 0. The minimum atomic E-state index is -0.709. The van der Waals surface area contributed by atoms with E-state index in [0.29, 0.717) is 16.6 Å². The van der Waals surface area contributed by atoms with E-state index in [-0.39, 0.29) is 49.4 Å². The molecule has 14 rings (SSSR count). The number of nitrogens with zero attached hydrogens (tertiary/aromatic N) is 7. The van der Waals surface area contributed by atoms with Crippen molar-refractivity contribution in [2.24, 2.45) is 0 Å². The standard InChI is InChI=1S/C57H35N7/c1-2-18-36(19-3-1)61-46-27-11-10-26-43(46)44-34-45(54(35-53(44)61)62-47-28-12-4-20-37(47)38-21-5-13-29-48(38)62)55-58-56(63-49-30-14-6-22-39(49)40-23-7-15-31-50(40)63)60-57(59-55)64-51-32-16-8-24-41(51)42-25-9-17-33-52(42)64/h1-35H/i6D,7D,8D,9D,14D,15D,16D,17D,22D,23D,24D,25D,30D,31D,32D,33D. The van der Waals surface area contributed by atoms with Crippen molar-refractivity contribution in [2.75, 3.05) is 0 Å². The topological polar surface area (TPSA) is 58.4 Å². The maximum absolute atomic E-state index is 9.46. The summed E-state index contributed by atoms with van der Waals surface area (Å²) in [5.74, 6) is -1.15. The molecule has 9 aromatic carbocycles. The third-order valence-electron chi connectivity index (χ3n) is 11.9. The van der Waals surface area contributed by atoms with Crippen molar-refractivity contribution in [3.8, 4) is 34.7 Å². The molecule has 7 nitrogen and oxygen atoms in total. The summed E-state index contributed by atoms with van der Waals surface area (Å²) in [6, 6.07) is 26.5. The first-order valence-corrected chi connectivity index (χ1v) is 20.3. The van der Waals surface area contributed by atoms with Crippen LogP contribution in [0.1, 0.15) is 21.9 Å². The Morgan fingerprint density at radius 2 is 0.719 bits per heavy atom. The number of benzene rings is 9. The summed E-state index contributed by atoms with van der Waals surface area (Å²) in [6.45, 7) is 0. The average molecular weight is 834 g/mol. The molecule has 0 saturated heterocycles. The Kier molecular flexibility index (Phi) is 4.77. The monoisotopic (exact) mass is 833 g/mol. The molecule has 0 N–H and O–H groups in total. The number of hydrogen-bond donors (Lipinski definition) is 0. The van der Waals surface area contributed by atoms with Crippen LogP contribution in [0.25, 0.3) is 122 Å². The van der Waals surface area contributed by atoms with Crippen LogP contribution in [0.2, 0.25) is 0 Å². The second kappa shape index (κ2) is 13.3. The summed E-state index contributed by atoms with van der Waals surface area (Å²) in [5, 5.41) is 2.23. The normalized spacial score (nSPS) is 15.6. The number of rotatable bonds is 5. The molecule has 0 aliphatic rings. The van der Waals surface area contributed by atoms with Gasteiger partial charge in [-0.3, -0.25) is 9.13 Å². The minimum absolute atomic E-state index is 0.173. The molecule has 0 fully saturated rings. The summed E-state index contributed by atoms with van der Waals surface area (Å²) in [5.41, 5.74) is 3.46. The predicted molar refractivity (Wildman–Crippen MR) is 263 cm³/mol. The Hall–Kier alpha value is -8.81. The third kappa shape index (κ3) is 4.89. The fraction of sp³-hybridized carbons (Fsp3) is 0. The highest BCUT2D eigenvalue weighted by Crippen LogP contribution is 2.42.